The quantitative estimate of drug-likeness (QED) is 0.716. The Balaban J connectivity index is 1.69. The lowest BCUT2D eigenvalue weighted by molar-refractivity contribution is 0.0613. The highest BCUT2D eigenvalue weighted by Crippen LogP contribution is 2.26. The zero-order chi connectivity index (χ0) is 20.2. The molecule has 0 radical (unpaired) electrons. The van der Waals surface area contributed by atoms with Gasteiger partial charge in [-0.15, -0.1) is 0 Å². The van der Waals surface area contributed by atoms with Gasteiger partial charge in [-0.25, -0.2) is 0 Å². The summed E-state index contributed by atoms with van der Waals surface area (Å²) in [5.41, 5.74) is 1.69. The molecule has 2 aromatic heterocycles. The van der Waals surface area contributed by atoms with Gasteiger partial charge in [-0.2, -0.15) is 0 Å². The van der Waals surface area contributed by atoms with Crippen LogP contribution in [0.15, 0.2) is 53.6 Å². The molecule has 1 aliphatic rings. The van der Waals surface area contributed by atoms with Crippen LogP contribution in [0.2, 0.25) is 0 Å². The molecule has 1 aliphatic carbocycles. The number of hydrogen-bond donors (Lipinski definition) is 1. The second kappa shape index (κ2) is 8.47. The number of methoxy groups -OCH3 is 1. The fraction of sp³-hybridized carbons (Fsp3) is 0.348. The average Bonchev–Trinajstić information content (AvgIpc) is 2.78. The van der Waals surface area contributed by atoms with E-state index in [0.29, 0.717) is 16.9 Å². The highest BCUT2D eigenvalue weighted by molar-refractivity contribution is 5.94. The molecule has 1 amide bonds. The summed E-state index contributed by atoms with van der Waals surface area (Å²) in [7, 11) is 1.60. The Hall–Kier alpha value is -3.15. The maximum atomic E-state index is 13.3. The van der Waals surface area contributed by atoms with E-state index in [1.54, 1.807) is 37.7 Å². The van der Waals surface area contributed by atoms with Crippen molar-refractivity contribution in [1.82, 2.24) is 14.9 Å². The third-order valence-corrected chi connectivity index (χ3v) is 5.66. The first-order valence-corrected chi connectivity index (χ1v) is 10.1. The molecule has 0 aliphatic heterocycles. The fourth-order valence-corrected chi connectivity index (χ4v) is 4.07. The summed E-state index contributed by atoms with van der Waals surface area (Å²) in [5.74, 6) is 0.621. The van der Waals surface area contributed by atoms with Crippen molar-refractivity contribution in [3.8, 4) is 5.75 Å². The van der Waals surface area contributed by atoms with Crippen molar-refractivity contribution in [3.63, 3.8) is 0 Å². The summed E-state index contributed by atoms with van der Waals surface area (Å²) in [6.07, 6.45) is 8.59. The number of pyridine rings is 2. The summed E-state index contributed by atoms with van der Waals surface area (Å²) < 4.78 is 5.24. The summed E-state index contributed by atoms with van der Waals surface area (Å²) in [6, 6.07) is 11.2. The number of aromatic nitrogens is 2. The van der Waals surface area contributed by atoms with Gasteiger partial charge in [0, 0.05) is 30.1 Å². The van der Waals surface area contributed by atoms with Gasteiger partial charge in [-0.05, 0) is 48.6 Å². The second-order valence-corrected chi connectivity index (χ2v) is 7.54. The molecule has 29 heavy (non-hydrogen) atoms. The molecular formula is C23H25N3O3. The lowest BCUT2D eigenvalue weighted by atomic mass is 9.93. The lowest BCUT2D eigenvalue weighted by Crippen LogP contribution is -2.42. The van der Waals surface area contributed by atoms with Crippen LogP contribution in [0.3, 0.4) is 0 Å². The fourth-order valence-electron chi connectivity index (χ4n) is 4.07. The minimum atomic E-state index is -0.175. The van der Waals surface area contributed by atoms with Gasteiger partial charge in [-0.3, -0.25) is 14.6 Å². The van der Waals surface area contributed by atoms with Gasteiger partial charge < -0.3 is 14.6 Å². The Morgan fingerprint density at radius 1 is 1.21 bits per heavy atom. The molecule has 0 saturated heterocycles. The van der Waals surface area contributed by atoms with Crippen LogP contribution in [0.25, 0.3) is 10.9 Å². The van der Waals surface area contributed by atoms with Gasteiger partial charge in [0.15, 0.2) is 0 Å². The molecule has 0 unspecified atom stereocenters. The minimum absolute atomic E-state index is 0.0702. The van der Waals surface area contributed by atoms with Gasteiger partial charge in [0.25, 0.3) is 11.5 Å². The molecule has 1 N–H and O–H groups in total. The van der Waals surface area contributed by atoms with Gasteiger partial charge in [0.05, 0.1) is 24.7 Å². The number of carbonyl (C=O) groups excluding carboxylic acids is 1. The second-order valence-electron chi connectivity index (χ2n) is 7.54. The average molecular weight is 391 g/mol. The number of ether oxygens (including phenoxy) is 1. The van der Waals surface area contributed by atoms with Crippen LogP contribution in [0.1, 0.15) is 48.0 Å². The Morgan fingerprint density at radius 3 is 2.76 bits per heavy atom. The molecule has 1 fully saturated rings. The van der Waals surface area contributed by atoms with Crippen molar-refractivity contribution < 1.29 is 9.53 Å². The third kappa shape index (κ3) is 4.16. The summed E-state index contributed by atoms with van der Waals surface area (Å²) in [5, 5.41) is 0.915. The van der Waals surface area contributed by atoms with Crippen molar-refractivity contribution in [2.75, 3.05) is 7.11 Å². The predicted molar refractivity (Wildman–Crippen MR) is 112 cm³/mol. The first-order valence-electron chi connectivity index (χ1n) is 10.1. The van der Waals surface area contributed by atoms with Gasteiger partial charge >= 0.3 is 0 Å². The van der Waals surface area contributed by atoms with Crippen LogP contribution in [-0.4, -0.2) is 33.9 Å². The maximum Gasteiger partial charge on any atom is 0.255 e. The van der Waals surface area contributed by atoms with Crippen LogP contribution in [0.5, 0.6) is 5.75 Å². The van der Waals surface area contributed by atoms with E-state index < -0.39 is 0 Å². The van der Waals surface area contributed by atoms with E-state index in [1.807, 2.05) is 23.1 Å². The molecular weight excluding hydrogens is 366 g/mol. The molecule has 1 aromatic carbocycles. The highest BCUT2D eigenvalue weighted by atomic mass is 16.5. The van der Waals surface area contributed by atoms with Crippen LogP contribution in [0, 0.1) is 0 Å². The molecule has 0 atom stereocenters. The van der Waals surface area contributed by atoms with Crippen LogP contribution >= 0.6 is 0 Å². The molecule has 150 valence electrons. The summed E-state index contributed by atoms with van der Waals surface area (Å²) >= 11 is 0. The monoisotopic (exact) mass is 391 g/mol. The number of H-pyrrole nitrogens is 1. The van der Waals surface area contributed by atoms with Crippen LogP contribution in [-0.2, 0) is 6.54 Å². The van der Waals surface area contributed by atoms with Crippen molar-refractivity contribution >= 4 is 16.8 Å². The molecule has 6 heteroatoms. The zero-order valence-electron chi connectivity index (χ0n) is 16.6. The number of nitrogens with one attached hydrogen (secondary N) is 1. The van der Waals surface area contributed by atoms with E-state index in [9.17, 15) is 9.59 Å². The van der Waals surface area contributed by atoms with Crippen LogP contribution in [0.4, 0.5) is 0 Å². The smallest absolute Gasteiger partial charge is 0.255 e. The first-order chi connectivity index (χ1) is 14.2. The SMILES string of the molecule is COc1ccc2cc(CN(C(=O)c3cccnc3)C3CCCCC3)c(=O)[nH]c2c1. The topological polar surface area (TPSA) is 75.3 Å². The molecule has 4 rings (SSSR count). The highest BCUT2D eigenvalue weighted by Gasteiger charge is 2.27. The predicted octanol–water partition coefficient (Wildman–Crippen LogP) is 3.91. The molecule has 3 aromatic rings. The largest absolute Gasteiger partial charge is 0.497 e. The maximum absolute atomic E-state index is 13.3. The number of amides is 1. The van der Waals surface area contributed by atoms with E-state index >= 15 is 0 Å². The van der Waals surface area contributed by atoms with E-state index in [1.165, 1.54) is 6.42 Å². The van der Waals surface area contributed by atoms with E-state index in [2.05, 4.69) is 9.97 Å². The Bertz CT molecular complexity index is 1060. The lowest BCUT2D eigenvalue weighted by Gasteiger charge is -2.34. The zero-order valence-corrected chi connectivity index (χ0v) is 16.6. The minimum Gasteiger partial charge on any atom is -0.497 e. The van der Waals surface area contributed by atoms with Gasteiger partial charge in [0.1, 0.15) is 5.75 Å². The van der Waals surface area contributed by atoms with Crippen molar-refractivity contribution in [1.29, 1.82) is 0 Å². The molecule has 0 bridgehead atoms. The Labute approximate surface area is 169 Å². The molecule has 0 spiro atoms. The number of aromatic amines is 1. The number of fused-ring (bicyclic) bond motifs is 1. The van der Waals surface area contributed by atoms with E-state index in [0.717, 1.165) is 36.6 Å². The number of rotatable bonds is 5. The molecule has 1 saturated carbocycles. The van der Waals surface area contributed by atoms with Gasteiger partial charge in [-0.1, -0.05) is 19.3 Å². The normalized spacial score (nSPS) is 14.7. The van der Waals surface area contributed by atoms with Crippen molar-refractivity contribution in [2.24, 2.45) is 0 Å². The summed E-state index contributed by atoms with van der Waals surface area (Å²) in [6.45, 7) is 0.287. The number of nitrogens with zero attached hydrogens (tertiary/aromatic N) is 2. The van der Waals surface area contributed by atoms with Crippen molar-refractivity contribution in [3.05, 3.63) is 70.3 Å². The number of carbonyl (C=O) groups is 1. The Morgan fingerprint density at radius 2 is 2.03 bits per heavy atom. The van der Waals surface area contributed by atoms with E-state index in [4.69, 9.17) is 4.74 Å². The number of hydrogen-bond acceptors (Lipinski definition) is 4. The summed E-state index contributed by atoms with van der Waals surface area (Å²) in [4.78, 5) is 34.9. The van der Waals surface area contributed by atoms with E-state index in [-0.39, 0.29) is 24.1 Å². The standard InChI is InChI=1S/C23H25N3O3/c1-29-20-10-9-16-12-18(22(27)25-21(16)13-20)15-26(19-7-3-2-4-8-19)23(28)17-6-5-11-24-14-17/h5-6,9-14,19H,2-4,7-8,15H2,1H3,(H,25,27). The molecule has 2 heterocycles. The van der Waals surface area contributed by atoms with Gasteiger partial charge in [0.2, 0.25) is 0 Å². The Kier molecular flexibility index (Phi) is 5.60. The molecule has 6 nitrogen and oxygen atoms in total. The number of benzene rings is 1. The third-order valence-electron chi connectivity index (χ3n) is 5.66. The van der Waals surface area contributed by atoms with Crippen molar-refractivity contribution in [2.45, 2.75) is 44.7 Å². The van der Waals surface area contributed by atoms with Crippen LogP contribution < -0.4 is 10.3 Å². The first kappa shape index (κ1) is 19.2.